The molecule has 0 saturated carbocycles. The zero-order valence-corrected chi connectivity index (χ0v) is 16.7. The zero-order chi connectivity index (χ0) is 21.5. The average Bonchev–Trinajstić information content (AvgIpc) is 2.82. The molecule has 0 bridgehead atoms. The van der Waals surface area contributed by atoms with E-state index in [2.05, 4.69) is 0 Å². The first-order valence-electron chi connectivity index (χ1n) is 9.85. The molecule has 0 spiro atoms. The molecule has 6 nitrogen and oxygen atoms in total. The van der Waals surface area contributed by atoms with Gasteiger partial charge in [-0.3, -0.25) is 14.9 Å². The van der Waals surface area contributed by atoms with Gasteiger partial charge in [-0.2, -0.15) is 0 Å². The minimum atomic E-state index is -0.484. The molecule has 1 aromatic heterocycles. The molecular weight excluding hydrogens is 392 g/mol. The van der Waals surface area contributed by atoms with E-state index in [9.17, 15) is 14.9 Å². The first-order chi connectivity index (χ1) is 15.0. The van der Waals surface area contributed by atoms with Crippen molar-refractivity contribution in [2.24, 2.45) is 7.05 Å². The van der Waals surface area contributed by atoms with E-state index in [1.165, 1.54) is 12.1 Å². The fraction of sp³-hybridized carbons (Fsp3) is 0.0800. The highest BCUT2D eigenvalue weighted by molar-refractivity contribution is 5.89. The molecule has 5 rings (SSSR count). The maximum atomic E-state index is 13.4. The Hall–Kier alpha value is -4.19. The first-order valence-corrected chi connectivity index (χ1v) is 9.85. The fourth-order valence-corrected chi connectivity index (χ4v) is 4.11. The van der Waals surface area contributed by atoms with Crippen LogP contribution in [0.1, 0.15) is 22.6 Å². The van der Waals surface area contributed by atoms with Crippen LogP contribution in [0, 0.1) is 10.1 Å². The molecule has 0 aliphatic carbocycles. The van der Waals surface area contributed by atoms with Crippen molar-refractivity contribution in [1.82, 2.24) is 4.57 Å². The van der Waals surface area contributed by atoms with Crippen molar-refractivity contribution in [3.8, 4) is 5.75 Å². The molecule has 1 atom stereocenters. The summed E-state index contributed by atoms with van der Waals surface area (Å²) in [6.07, 6.45) is 1.87. The Morgan fingerprint density at radius 2 is 1.71 bits per heavy atom. The number of benzene rings is 3. The Morgan fingerprint density at radius 1 is 0.968 bits per heavy atom. The second kappa shape index (κ2) is 7.25. The van der Waals surface area contributed by atoms with E-state index in [1.807, 2.05) is 60.7 Å². The van der Waals surface area contributed by atoms with Crippen molar-refractivity contribution in [2.75, 3.05) is 0 Å². The summed E-state index contributed by atoms with van der Waals surface area (Å²) >= 11 is 0. The number of nitrogens with zero attached hydrogens (tertiary/aromatic N) is 2. The predicted molar refractivity (Wildman–Crippen MR) is 119 cm³/mol. The largest absolute Gasteiger partial charge is 0.456 e. The van der Waals surface area contributed by atoms with Gasteiger partial charge < -0.3 is 9.30 Å². The fourth-order valence-electron chi connectivity index (χ4n) is 4.11. The number of aromatic nitrogens is 1. The zero-order valence-electron chi connectivity index (χ0n) is 16.7. The van der Waals surface area contributed by atoms with Gasteiger partial charge in [0.1, 0.15) is 11.5 Å². The Labute approximate surface area is 177 Å². The van der Waals surface area contributed by atoms with E-state index in [4.69, 9.17) is 4.74 Å². The van der Waals surface area contributed by atoms with Crippen LogP contribution in [-0.2, 0) is 7.05 Å². The minimum Gasteiger partial charge on any atom is -0.456 e. The predicted octanol–water partition coefficient (Wildman–Crippen LogP) is 5.01. The Balaban J connectivity index is 1.82. The number of para-hydroxylation sites is 1. The molecule has 152 valence electrons. The van der Waals surface area contributed by atoms with Gasteiger partial charge in [0, 0.05) is 36.0 Å². The molecule has 1 aliphatic heterocycles. The monoisotopic (exact) mass is 410 g/mol. The smallest absolute Gasteiger partial charge is 0.269 e. The highest BCUT2D eigenvalue weighted by atomic mass is 16.6. The quantitative estimate of drug-likeness (QED) is 0.351. The summed E-state index contributed by atoms with van der Waals surface area (Å²) in [6.45, 7) is 0. The molecule has 3 aromatic carbocycles. The number of hydrogen-bond donors (Lipinski definition) is 0. The maximum absolute atomic E-state index is 13.4. The molecule has 31 heavy (non-hydrogen) atoms. The van der Waals surface area contributed by atoms with Crippen LogP contribution in [0.4, 0.5) is 5.69 Å². The third-order valence-electron chi connectivity index (χ3n) is 5.63. The molecule has 1 aliphatic rings. The summed E-state index contributed by atoms with van der Waals surface area (Å²) < 4.78 is 7.91. The molecule has 0 radical (unpaired) electrons. The van der Waals surface area contributed by atoms with Crippen LogP contribution in [0.2, 0.25) is 0 Å². The topological polar surface area (TPSA) is 74.4 Å². The van der Waals surface area contributed by atoms with Gasteiger partial charge in [-0.1, -0.05) is 54.6 Å². The number of non-ortho nitro benzene ring substituents is 1. The summed E-state index contributed by atoms with van der Waals surface area (Å²) in [7, 11) is 1.73. The molecule has 6 heteroatoms. The highest BCUT2D eigenvalue weighted by Gasteiger charge is 2.30. The van der Waals surface area contributed by atoms with Gasteiger partial charge in [0.25, 0.3) is 11.2 Å². The van der Waals surface area contributed by atoms with Crippen LogP contribution >= 0.6 is 0 Å². The SMILES string of the molecule is Cn1c(=O)c2c(c3ccccc31)OC(c1ccccc1)=C[C@H]2c1cccc([N+](=O)[O-])c1. The second-order valence-electron chi connectivity index (χ2n) is 7.45. The van der Waals surface area contributed by atoms with E-state index < -0.39 is 10.8 Å². The summed E-state index contributed by atoms with van der Waals surface area (Å²) in [6, 6.07) is 23.6. The third-order valence-corrected chi connectivity index (χ3v) is 5.63. The van der Waals surface area contributed by atoms with Crippen molar-refractivity contribution in [3.05, 3.63) is 122 Å². The average molecular weight is 410 g/mol. The van der Waals surface area contributed by atoms with E-state index in [1.54, 1.807) is 23.7 Å². The molecule has 0 N–H and O–H groups in total. The Kier molecular flexibility index (Phi) is 4.40. The van der Waals surface area contributed by atoms with E-state index in [0.29, 0.717) is 22.6 Å². The lowest BCUT2D eigenvalue weighted by Crippen LogP contribution is -2.27. The standard InChI is InChI=1S/C25H18N2O4/c1-26-21-13-6-5-12-19(21)24-23(25(26)28)20(17-10-7-11-18(14-17)27(29)30)15-22(31-24)16-8-3-2-4-9-16/h2-15,20H,1H3/t20-/m0/s1. The van der Waals surface area contributed by atoms with Crippen molar-refractivity contribution in [2.45, 2.75) is 5.92 Å². The lowest BCUT2D eigenvalue weighted by atomic mass is 9.87. The number of aryl methyl sites for hydroxylation is 1. The lowest BCUT2D eigenvalue weighted by Gasteiger charge is -2.27. The van der Waals surface area contributed by atoms with Crippen LogP contribution < -0.4 is 10.3 Å². The molecule has 0 unspecified atom stereocenters. The number of hydrogen-bond acceptors (Lipinski definition) is 4. The lowest BCUT2D eigenvalue weighted by molar-refractivity contribution is -0.384. The van der Waals surface area contributed by atoms with Crippen LogP contribution in [0.25, 0.3) is 16.7 Å². The minimum absolute atomic E-state index is 0.0159. The maximum Gasteiger partial charge on any atom is 0.269 e. The van der Waals surface area contributed by atoms with E-state index >= 15 is 0 Å². The van der Waals surface area contributed by atoms with Crippen LogP contribution in [0.5, 0.6) is 5.75 Å². The number of fused-ring (bicyclic) bond motifs is 3. The number of ether oxygens (including phenoxy) is 1. The van der Waals surface area contributed by atoms with Gasteiger partial charge in [0.05, 0.1) is 16.0 Å². The van der Waals surface area contributed by atoms with Gasteiger partial charge >= 0.3 is 0 Å². The Morgan fingerprint density at radius 3 is 2.48 bits per heavy atom. The normalized spacial score (nSPS) is 15.1. The number of nitro benzene ring substituents is 1. The van der Waals surface area contributed by atoms with Crippen LogP contribution in [0.3, 0.4) is 0 Å². The van der Waals surface area contributed by atoms with Crippen molar-refractivity contribution in [1.29, 1.82) is 0 Å². The number of pyridine rings is 1. The van der Waals surface area contributed by atoms with Crippen LogP contribution in [0.15, 0.2) is 89.7 Å². The molecule has 4 aromatic rings. The van der Waals surface area contributed by atoms with Crippen molar-refractivity contribution < 1.29 is 9.66 Å². The van der Waals surface area contributed by atoms with E-state index in [0.717, 1.165) is 16.5 Å². The first kappa shape index (κ1) is 18.8. The highest BCUT2D eigenvalue weighted by Crippen LogP contribution is 2.43. The summed E-state index contributed by atoms with van der Waals surface area (Å²) in [5.74, 6) is 0.627. The van der Waals surface area contributed by atoms with Crippen molar-refractivity contribution in [3.63, 3.8) is 0 Å². The number of rotatable bonds is 3. The number of allylic oxidation sites excluding steroid dienone is 1. The molecule has 0 amide bonds. The second-order valence-corrected chi connectivity index (χ2v) is 7.45. The summed E-state index contributed by atoms with van der Waals surface area (Å²) in [5, 5.41) is 12.2. The number of nitro groups is 1. The third kappa shape index (κ3) is 3.09. The van der Waals surface area contributed by atoms with Gasteiger partial charge in [0.2, 0.25) is 0 Å². The summed E-state index contributed by atoms with van der Waals surface area (Å²) in [5.41, 5.74) is 2.57. The molecule has 0 fully saturated rings. The molecular formula is C25H18N2O4. The van der Waals surface area contributed by atoms with E-state index in [-0.39, 0.29) is 11.2 Å². The Bertz CT molecular complexity index is 1420. The van der Waals surface area contributed by atoms with Gasteiger partial charge in [0.15, 0.2) is 0 Å². The molecule has 2 heterocycles. The van der Waals surface area contributed by atoms with Gasteiger partial charge in [-0.05, 0) is 23.8 Å². The summed E-state index contributed by atoms with van der Waals surface area (Å²) in [4.78, 5) is 24.3. The van der Waals surface area contributed by atoms with Crippen molar-refractivity contribution >= 4 is 22.3 Å². The molecule has 0 saturated heterocycles. The van der Waals surface area contributed by atoms with Gasteiger partial charge in [-0.25, -0.2) is 0 Å². The van der Waals surface area contributed by atoms with Crippen LogP contribution in [-0.4, -0.2) is 9.49 Å². The van der Waals surface area contributed by atoms with Gasteiger partial charge in [-0.15, -0.1) is 0 Å².